The number of nitrogens with zero attached hydrogens (tertiary/aromatic N) is 4. The first-order valence-electron chi connectivity index (χ1n) is 9.76. The highest BCUT2D eigenvalue weighted by molar-refractivity contribution is 5.76. The minimum atomic E-state index is -0.281. The van der Waals surface area contributed by atoms with Gasteiger partial charge in [0.2, 0.25) is 5.91 Å². The number of hydrogen-bond donors (Lipinski definition) is 0. The third-order valence-corrected chi connectivity index (χ3v) is 5.11. The highest BCUT2D eigenvalue weighted by Gasteiger charge is 2.25. The van der Waals surface area contributed by atoms with E-state index in [1.165, 1.54) is 0 Å². The molecule has 1 aromatic rings. The van der Waals surface area contributed by atoms with Gasteiger partial charge in [-0.25, -0.2) is 4.98 Å². The first-order valence-corrected chi connectivity index (χ1v) is 9.76. The third kappa shape index (κ3) is 5.56. The summed E-state index contributed by atoms with van der Waals surface area (Å²) in [5.41, 5.74) is 0. The van der Waals surface area contributed by atoms with Crippen molar-refractivity contribution in [1.29, 1.82) is 0 Å². The van der Waals surface area contributed by atoms with Crippen LogP contribution in [0.5, 0.6) is 0 Å². The Hall–Kier alpha value is -1.89. The monoisotopic (exact) mass is 364 g/mol. The largest absolute Gasteiger partial charge is 0.465 e. The summed E-state index contributed by atoms with van der Waals surface area (Å²) in [5.74, 6) is 0.648. The van der Waals surface area contributed by atoms with Crippen molar-refractivity contribution in [2.45, 2.75) is 59.0 Å². The zero-order valence-corrected chi connectivity index (χ0v) is 16.3. The number of carbonyl (C=O) groups is 2. The Bertz CT molecular complexity index is 575. The minimum Gasteiger partial charge on any atom is -0.465 e. The van der Waals surface area contributed by atoms with Gasteiger partial charge in [-0.3, -0.25) is 9.59 Å². The molecule has 1 saturated heterocycles. The lowest BCUT2D eigenvalue weighted by Crippen LogP contribution is -2.46. The molecule has 1 fully saturated rings. The lowest BCUT2D eigenvalue weighted by molar-refractivity contribution is -0.143. The number of hydrogen-bond acceptors (Lipinski definition) is 5. The molecule has 7 heteroatoms. The molecule has 2 heterocycles. The van der Waals surface area contributed by atoms with Gasteiger partial charge in [0, 0.05) is 44.4 Å². The zero-order chi connectivity index (χ0) is 18.9. The summed E-state index contributed by atoms with van der Waals surface area (Å²) in [6, 6.07) is 0.595. The van der Waals surface area contributed by atoms with Gasteiger partial charge in [-0.05, 0) is 32.9 Å². The quantitative estimate of drug-likeness (QED) is 0.624. The van der Waals surface area contributed by atoms with Crippen LogP contribution in [-0.2, 0) is 27.3 Å². The SMILES string of the molecule is CCOC(=O)Cn1ccnc1CCC(=O)N1CCC(N(CC)CC)CC1. The molecule has 0 atom stereocenters. The molecule has 1 amide bonds. The fourth-order valence-electron chi connectivity index (χ4n) is 3.66. The van der Waals surface area contributed by atoms with Crippen molar-refractivity contribution in [2.24, 2.45) is 0 Å². The van der Waals surface area contributed by atoms with Gasteiger partial charge in [-0.15, -0.1) is 0 Å². The van der Waals surface area contributed by atoms with Gasteiger partial charge in [0.25, 0.3) is 0 Å². The van der Waals surface area contributed by atoms with Crippen molar-refractivity contribution in [1.82, 2.24) is 19.4 Å². The van der Waals surface area contributed by atoms with E-state index in [1.54, 1.807) is 23.9 Å². The summed E-state index contributed by atoms with van der Waals surface area (Å²) in [7, 11) is 0. The Kier molecular flexibility index (Phi) is 8.09. The predicted molar refractivity (Wildman–Crippen MR) is 99.7 cm³/mol. The standard InChI is InChI=1S/C19H32N4O3/c1-4-21(5-2)16-9-12-22(13-10-16)18(24)8-7-17-20-11-14-23(17)15-19(25)26-6-3/h11,14,16H,4-10,12-13,15H2,1-3H3. The normalized spacial score (nSPS) is 15.5. The molecule has 1 aliphatic heterocycles. The number of rotatable bonds is 9. The molecule has 0 N–H and O–H groups in total. The van der Waals surface area contributed by atoms with Gasteiger partial charge in [-0.1, -0.05) is 13.8 Å². The van der Waals surface area contributed by atoms with Crippen LogP contribution in [0.2, 0.25) is 0 Å². The molecule has 0 aliphatic carbocycles. The molecule has 0 radical (unpaired) electrons. The number of imidazole rings is 1. The van der Waals surface area contributed by atoms with E-state index >= 15 is 0 Å². The molecule has 7 nitrogen and oxygen atoms in total. The number of carbonyl (C=O) groups excluding carboxylic acids is 2. The van der Waals surface area contributed by atoms with Gasteiger partial charge in [0.15, 0.2) is 0 Å². The zero-order valence-electron chi connectivity index (χ0n) is 16.3. The van der Waals surface area contributed by atoms with Crippen molar-refractivity contribution in [3.05, 3.63) is 18.2 Å². The summed E-state index contributed by atoms with van der Waals surface area (Å²) < 4.78 is 6.73. The first kappa shape index (κ1) is 20.4. The van der Waals surface area contributed by atoms with Crippen LogP contribution in [0.25, 0.3) is 0 Å². The second kappa shape index (κ2) is 10.3. The lowest BCUT2D eigenvalue weighted by atomic mass is 10.0. The smallest absolute Gasteiger partial charge is 0.325 e. The average Bonchev–Trinajstić information content (AvgIpc) is 3.08. The Morgan fingerprint density at radius 2 is 1.92 bits per heavy atom. The molecular weight excluding hydrogens is 332 g/mol. The number of aryl methyl sites for hydroxylation is 1. The van der Waals surface area contributed by atoms with Gasteiger partial charge < -0.3 is 19.1 Å². The van der Waals surface area contributed by atoms with E-state index in [9.17, 15) is 9.59 Å². The van der Waals surface area contributed by atoms with E-state index in [1.807, 2.05) is 4.90 Å². The van der Waals surface area contributed by atoms with Crippen LogP contribution in [0.1, 0.15) is 45.9 Å². The first-order chi connectivity index (χ1) is 12.6. The summed E-state index contributed by atoms with van der Waals surface area (Å²) in [6.07, 6.45) is 6.48. The molecule has 26 heavy (non-hydrogen) atoms. The van der Waals surface area contributed by atoms with Gasteiger partial charge in [0.1, 0.15) is 12.4 Å². The van der Waals surface area contributed by atoms with E-state index < -0.39 is 0 Å². The second-order valence-electron chi connectivity index (χ2n) is 6.61. The Balaban J connectivity index is 1.79. The van der Waals surface area contributed by atoms with Crippen LogP contribution in [0.3, 0.4) is 0 Å². The van der Waals surface area contributed by atoms with Gasteiger partial charge >= 0.3 is 5.97 Å². The molecule has 2 rings (SSSR count). The summed E-state index contributed by atoms with van der Waals surface area (Å²) >= 11 is 0. The number of aromatic nitrogens is 2. The molecule has 0 unspecified atom stereocenters. The average molecular weight is 364 g/mol. The van der Waals surface area contributed by atoms with Crippen LogP contribution >= 0.6 is 0 Å². The number of likely N-dealkylation sites (tertiary alicyclic amines) is 1. The van der Waals surface area contributed by atoms with Crippen LogP contribution in [0.4, 0.5) is 0 Å². The maximum Gasteiger partial charge on any atom is 0.325 e. The lowest BCUT2D eigenvalue weighted by Gasteiger charge is -2.37. The van der Waals surface area contributed by atoms with Crippen molar-refractivity contribution in [3.63, 3.8) is 0 Å². The molecule has 0 bridgehead atoms. The van der Waals surface area contributed by atoms with Gasteiger partial charge in [-0.2, -0.15) is 0 Å². The van der Waals surface area contributed by atoms with Crippen LogP contribution < -0.4 is 0 Å². The van der Waals surface area contributed by atoms with E-state index in [2.05, 4.69) is 23.7 Å². The number of esters is 1. The molecule has 0 spiro atoms. The molecular formula is C19H32N4O3. The van der Waals surface area contributed by atoms with Crippen molar-refractivity contribution in [2.75, 3.05) is 32.8 Å². The highest BCUT2D eigenvalue weighted by Crippen LogP contribution is 2.17. The highest BCUT2D eigenvalue weighted by atomic mass is 16.5. The molecule has 146 valence electrons. The van der Waals surface area contributed by atoms with Crippen LogP contribution in [-0.4, -0.2) is 70.1 Å². The van der Waals surface area contributed by atoms with Crippen molar-refractivity contribution in [3.8, 4) is 0 Å². The fraction of sp³-hybridized carbons (Fsp3) is 0.737. The molecule has 1 aliphatic rings. The number of amides is 1. The summed E-state index contributed by atoms with van der Waals surface area (Å²) in [5, 5.41) is 0. The van der Waals surface area contributed by atoms with E-state index in [4.69, 9.17) is 4.74 Å². The van der Waals surface area contributed by atoms with Crippen LogP contribution in [0, 0.1) is 0 Å². The predicted octanol–water partition coefficient (Wildman–Crippen LogP) is 1.71. The van der Waals surface area contributed by atoms with Crippen LogP contribution in [0.15, 0.2) is 12.4 Å². The molecule has 1 aromatic heterocycles. The second-order valence-corrected chi connectivity index (χ2v) is 6.61. The molecule has 0 aromatic carbocycles. The summed E-state index contributed by atoms with van der Waals surface area (Å²) in [6.45, 7) is 10.5. The topological polar surface area (TPSA) is 67.7 Å². The number of piperidine rings is 1. The van der Waals surface area contributed by atoms with E-state index in [0.29, 0.717) is 25.5 Å². The maximum absolute atomic E-state index is 12.5. The van der Waals surface area contributed by atoms with Crippen molar-refractivity contribution >= 4 is 11.9 Å². The third-order valence-electron chi connectivity index (χ3n) is 5.11. The maximum atomic E-state index is 12.5. The fourth-order valence-corrected chi connectivity index (χ4v) is 3.66. The Labute approximate surface area is 156 Å². The summed E-state index contributed by atoms with van der Waals surface area (Å²) in [4.78, 5) is 32.9. The Morgan fingerprint density at radius 1 is 1.23 bits per heavy atom. The van der Waals surface area contributed by atoms with E-state index in [0.717, 1.165) is 44.8 Å². The number of ether oxygens (including phenoxy) is 1. The Morgan fingerprint density at radius 3 is 2.54 bits per heavy atom. The van der Waals surface area contributed by atoms with Crippen molar-refractivity contribution < 1.29 is 14.3 Å². The van der Waals surface area contributed by atoms with Gasteiger partial charge in [0.05, 0.1) is 6.61 Å². The minimum absolute atomic E-state index is 0.145. The molecule has 0 saturated carbocycles. The van der Waals surface area contributed by atoms with E-state index in [-0.39, 0.29) is 18.4 Å².